The molecule has 0 aliphatic carbocycles. The van der Waals surface area contributed by atoms with E-state index in [1.807, 2.05) is 37.3 Å². The molecule has 0 atom stereocenters. The number of nitrogens with one attached hydrogen (secondary N) is 1. The van der Waals surface area contributed by atoms with E-state index >= 15 is 0 Å². The third-order valence-corrected chi connectivity index (χ3v) is 6.53. The van der Waals surface area contributed by atoms with Crippen LogP contribution in [0.1, 0.15) is 5.56 Å². The van der Waals surface area contributed by atoms with Gasteiger partial charge in [-0.1, -0.05) is 42.0 Å². The van der Waals surface area contributed by atoms with Gasteiger partial charge in [-0.15, -0.1) is 0 Å². The quantitative estimate of drug-likeness (QED) is 0.552. The van der Waals surface area contributed by atoms with Gasteiger partial charge in [0, 0.05) is 6.54 Å². The average molecular weight is 427 g/mol. The molecule has 3 aromatic carbocycles. The number of aryl methyl sites for hydroxylation is 1. The van der Waals surface area contributed by atoms with Crippen LogP contribution in [0.3, 0.4) is 0 Å². The van der Waals surface area contributed by atoms with Gasteiger partial charge in [0.2, 0.25) is 0 Å². The summed E-state index contributed by atoms with van der Waals surface area (Å²) in [5.74, 6) is 1.19. The smallest absolute Gasteiger partial charge is 0.264 e. The zero-order chi connectivity index (χ0) is 21.6. The molecule has 158 valence electrons. The predicted octanol–water partition coefficient (Wildman–Crippen LogP) is 4.32. The first-order valence-corrected chi connectivity index (χ1v) is 11.0. The maximum Gasteiger partial charge on any atom is 0.264 e. The van der Waals surface area contributed by atoms with Gasteiger partial charge in [0.1, 0.15) is 11.5 Å². The lowest BCUT2D eigenvalue weighted by Gasteiger charge is -2.26. The van der Waals surface area contributed by atoms with Crippen molar-refractivity contribution >= 4 is 21.4 Å². The summed E-state index contributed by atoms with van der Waals surface area (Å²) in [5.41, 5.74) is 2.28. The molecule has 0 aliphatic rings. The molecule has 0 aromatic heterocycles. The fraction of sp³-hybridized carbons (Fsp3) is 0.217. The summed E-state index contributed by atoms with van der Waals surface area (Å²) in [5, 5.41) is 3.26. The lowest BCUT2D eigenvalue weighted by molar-refractivity contribution is 0.415. The van der Waals surface area contributed by atoms with Crippen molar-refractivity contribution in [3.8, 4) is 11.5 Å². The SMILES string of the molecule is COc1ccccc1NCCN(c1ccccc1OC)S(=O)(=O)c1ccc(C)cc1. The minimum Gasteiger partial charge on any atom is -0.495 e. The number of ether oxygens (including phenoxy) is 2. The van der Waals surface area contributed by atoms with E-state index < -0.39 is 10.0 Å². The molecule has 0 spiro atoms. The molecule has 3 rings (SSSR count). The Morgan fingerprint density at radius 3 is 2.10 bits per heavy atom. The minimum absolute atomic E-state index is 0.203. The van der Waals surface area contributed by atoms with E-state index in [9.17, 15) is 8.42 Å². The third kappa shape index (κ3) is 4.68. The number of rotatable bonds is 9. The molecule has 0 saturated carbocycles. The molecule has 7 heteroatoms. The molecule has 0 saturated heterocycles. The van der Waals surface area contributed by atoms with Crippen LogP contribution in [0.4, 0.5) is 11.4 Å². The predicted molar refractivity (Wildman–Crippen MR) is 120 cm³/mol. The van der Waals surface area contributed by atoms with Gasteiger partial charge >= 0.3 is 0 Å². The van der Waals surface area contributed by atoms with Crippen LogP contribution >= 0.6 is 0 Å². The first kappa shape index (κ1) is 21.5. The summed E-state index contributed by atoms with van der Waals surface area (Å²) in [6.07, 6.45) is 0. The van der Waals surface area contributed by atoms with E-state index in [4.69, 9.17) is 9.47 Å². The zero-order valence-corrected chi connectivity index (χ0v) is 18.1. The second-order valence-electron chi connectivity index (χ2n) is 6.69. The standard InChI is InChI=1S/C23H26N2O4S/c1-18-12-14-19(15-13-18)30(26,27)25(21-9-5-7-11-23(21)29-3)17-16-24-20-8-4-6-10-22(20)28-2/h4-15,24H,16-17H2,1-3H3. The fourth-order valence-corrected chi connectivity index (χ4v) is 4.60. The Morgan fingerprint density at radius 1 is 0.833 bits per heavy atom. The van der Waals surface area contributed by atoms with Crippen LogP contribution in [-0.4, -0.2) is 35.7 Å². The lowest BCUT2D eigenvalue weighted by Crippen LogP contribution is -2.35. The monoisotopic (exact) mass is 426 g/mol. The van der Waals surface area contributed by atoms with Gasteiger partial charge in [-0.25, -0.2) is 8.42 Å². The van der Waals surface area contributed by atoms with Crippen molar-refractivity contribution in [1.29, 1.82) is 0 Å². The number of hydrogen-bond acceptors (Lipinski definition) is 5. The van der Waals surface area contributed by atoms with Crippen LogP contribution in [0.15, 0.2) is 77.7 Å². The molecule has 30 heavy (non-hydrogen) atoms. The number of hydrogen-bond donors (Lipinski definition) is 1. The molecule has 6 nitrogen and oxygen atoms in total. The molecule has 0 radical (unpaired) electrons. The molecule has 3 aromatic rings. The van der Waals surface area contributed by atoms with E-state index in [2.05, 4.69) is 5.32 Å². The molecule has 0 amide bonds. The Kier molecular flexibility index (Phi) is 6.84. The van der Waals surface area contributed by atoms with Crippen molar-refractivity contribution in [2.45, 2.75) is 11.8 Å². The van der Waals surface area contributed by atoms with Gasteiger partial charge in [-0.2, -0.15) is 0 Å². The number of nitrogens with zero attached hydrogens (tertiary/aromatic N) is 1. The summed E-state index contributed by atoms with van der Waals surface area (Å²) in [6, 6.07) is 21.5. The third-order valence-electron chi connectivity index (χ3n) is 4.70. The van der Waals surface area contributed by atoms with Crippen molar-refractivity contribution < 1.29 is 17.9 Å². The Balaban J connectivity index is 1.93. The fourth-order valence-electron chi connectivity index (χ4n) is 3.13. The normalized spacial score (nSPS) is 11.0. The summed E-state index contributed by atoms with van der Waals surface area (Å²) in [6.45, 7) is 2.50. The number of para-hydroxylation sites is 4. The summed E-state index contributed by atoms with van der Waals surface area (Å²) < 4.78 is 39.2. The Morgan fingerprint density at radius 2 is 1.43 bits per heavy atom. The second-order valence-corrected chi connectivity index (χ2v) is 8.55. The topological polar surface area (TPSA) is 67.9 Å². The van der Waals surface area contributed by atoms with Crippen molar-refractivity contribution in [1.82, 2.24) is 0 Å². The van der Waals surface area contributed by atoms with Crippen molar-refractivity contribution in [3.63, 3.8) is 0 Å². The van der Waals surface area contributed by atoms with Crippen LogP contribution in [0, 0.1) is 6.92 Å². The van der Waals surface area contributed by atoms with E-state index in [0.29, 0.717) is 23.7 Å². The molecule has 1 N–H and O–H groups in total. The first-order valence-electron chi connectivity index (χ1n) is 9.56. The van der Waals surface area contributed by atoms with Crippen molar-refractivity contribution in [2.75, 3.05) is 36.9 Å². The molecular weight excluding hydrogens is 400 g/mol. The van der Waals surface area contributed by atoms with E-state index in [-0.39, 0.29) is 11.4 Å². The highest BCUT2D eigenvalue weighted by Crippen LogP contribution is 2.32. The second kappa shape index (κ2) is 9.54. The van der Waals surface area contributed by atoms with Gasteiger partial charge in [-0.3, -0.25) is 4.31 Å². The first-order chi connectivity index (χ1) is 14.5. The number of anilines is 2. The maximum atomic E-state index is 13.5. The highest BCUT2D eigenvalue weighted by atomic mass is 32.2. The summed E-state index contributed by atoms with van der Waals surface area (Å²) in [4.78, 5) is 0.233. The van der Waals surface area contributed by atoms with Crippen LogP contribution in [0.5, 0.6) is 11.5 Å². The molecule has 0 fully saturated rings. The Hall–Kier alpha value is -3.19. The van der Waals surface area contributed by atoms with Crippen molar-refractivity contribution in [3.05, 3.63) is 78.4 Å². The Labute approximate surface area is 178 Å². The number of sulfonamides is 1. The molecular formula is C23H26N2O4S. The largest absolute Gasteiger partial charge is 0.495 e. The summed E-state index contributed by atoms with van der Waals surface area (Å²) >= 11 is 0. The van der Waals surface area contributed by atoms with Gasteiger partial charge in [0.15, 0.2) is 0 Å². The molecule has 0 unspecified atom stereocenters. The maximum absolute atomic E-state index is 13.5. The summed E-state index contributed by atoms with van der Waals surface area (Å²) in [7, 11) is -0.660. The van der Waals surface area contributed by atoms with E-state index in [1.54, 1.807) is 49.6 Å². The van der Waals surface area contributed by atoms with Gasteiger partial charge in [0.05, 0.1) is 37.0 Å². The number of methoxy groups -OCH3 is 2. The molecule has 0 aliphatic heterocycles. The van der Waals surface area contributed by atoms with Crippen LogP contribution in [0.2, 0.25) is 0 Å². The number of benzene rings is 3. The van der Waals surface area contributed by atoms with Gasteiger partial charge in [-0.05, 0) is 43.3 Å². The van der Waals surface area contributed by atoms with E-state index in [0.717, 1.165) is 11.3 Å². The average Bonchev–Trinajstić information content (AvgIpc) is 2.77. The van der Waals surface area contributed by atoms with E-state index in [1.165, 1.54) is 11.4 Å². The lowest BCUT2D eigenvalue weighted by atomic mass is 10.2. The Bertz CT molecular complexity index is 1080. The zero-order valence-electron chi connectivity index (χ0n) is 17.3. The highest BCUT2D eigenvalue weighted by molar-refractivity contribution is 7.92. The highest BCUT2D eigenvalue weighted by Gasteiger charge is 2.27. The van der Waals surface area contributed by atoms with Crippen LogP contribution < -0.4 is 19.1 Å². The van der Waals surface area contributed by atoms with Crippen molar-refractivity contribution in [2.24, 2.45) is 0 Å². The van der Waals surface area contributed by atoms with Gasteiger partial charge in [0.25, 0.3) is 10.0 Å². The molecule has 0 bridgehead atoms. The minimum atomic E-state index is -3.79. The molecule has 0 heterocycles. The van der Waals surface area contributed by atoms with Gasteiger partial charge < -0.3 is 14.8 Å². The van der Waals surface area contributed by atoms with Crippen LogP contribution in [0.25, 0.3) is 0 Å². The van der Waals surface area contributed by atoms with Crippen LogP contribution in [-0.2, 0) is 10.0 Å².